The van der Waals surface area contributed by atoms with E-state index in [2.05, 4.69) is 12.2 Å². The maximum absolute atomic E-state index is 13.1. The smallest absolute Gasteiger partial charge is 0.274 e. The van der Waals surface area contributed by atoms with Crippen LogP contribution in [0.5, 0.6) is 0 Å². The lowest BCUT2D eigenvalue weighted by molar-refractivity contribution is 0.102. The number of aryl methyl sites for hydroxylation is 1. The number of amides is 1. The van der Waals surface area contributed by atoms with Crippen molar-refractivity contribution in [2.45, 2.75) is 64.8 Å². The summed E-state index contributed by atoms with van der Waals surface area (Å²) in [6.45, 7) is 2.82. The molecule has 0 radical (unpaired) electrons. The van der Waals surface area contributed by atoms with Gasteiger partial charge < -0.3 is 9.88 Å². The summed E-state index contributed by atoms with van der Waals surface area (Å²) in [6.07, 6.45) is 8.54. The molecule has 144 valence electrons. The molecule has 1 amide bonds. The number of pyridine rings is 1. The highest BCUT2D eigenvalue weighted by Gasteiger charge is 2.18. The van der Waals surface area contributed by atoms with Gasteiger partial charge >= 0.3 is 0 Å². The lowest BCUT2D eigenvalue weighted by Crippen LogP contribution is -2.30. The first-order valence-corrected chi connectivity index (χ1v) is 10.3. The number of unbranched alkanes of at least 4 members (excludes halogenated alkanes) is 1. The number of hydrogen-bond donors (Lipinski definition) is 1. The number of carbonyl (C=O) groups excluding carboxylic acids is 1. The van der Waals surface area contributed by atoms with Gasteiger partial charge in [-0.25, -0.2) is 0 Å². The zero-order chi connectivity index (χ0) is 19.2. The number of rotatable bonds is 5. The Balaban J connectivity index is 1.99. The molecule has 0 bridgehead atoms. The molecule has 0 fully saturated rings. The molecule has 1 aromatic carbocycles. The van der Waals surface area contributed by atoms with Crippen molar-refractivity contribution in [1.82, 2.24) is 4.57 Å². The van der Waals surface area contributed by atoms with E-state index in [1.54, 1.807) is 24.3 Å². The summed E-state index contributed by atoms with van der Waals surface area (Å²) in [5.41, 5.74) is 2.98. The summed E-state index contributed by atoms with van der Waals surface area (Å²) < 4.78 is 1.90. The molecule has 1 aliphatic rings. The quantitative estimate of drug-likeness (QED) is 0.766. The minimum atomic E-state index is -0.342. The Hall–Kier alpha value is -2.07. The van der Waals surface area contributed by atoms with E-state index in [1.807, 2.05) is 10.6 Å². The van der Waals surface area contributed by atoms with Crippen LogP contribution in [0.3, 0.4) is 0 Å². The first-order chi connectivity index (χ1) is 13.1. The molecule has 27 heavy (non-hydrogen) atoms. The fraction of sp³-hybridized carbons (Fsp3) is 0.455. The number of nitrogens with one attached hydrogen (secondary N) is 1. The molecule has 3 rings (SSSR count). The topological polar surface area (TPSA) is 51.1 Å². The molecule has 0 unspecified atom stereocenters. The van der Waals surface area contributed by atoms with Crippen molar-refractivity contribution < 1.29 is 4.79 Å². The largest absolute Gasteiger partial charge is 0.317 e. The first kappa shape index (κ1) is 19.7. The molecule has 2 aromatic rings. The summed E-state index contributed by atoms with van der Waals surface area (Å²) in [4.78, 5) is 25.8. The van der Waals surface area contributed by atoms with Gasteiger partial charge in [-0.05, 0) is 55.9 Å². The Kier molecular flexibility index (Phi) is 6.73. The van der Waals surface area contributed by atoms with E-state index in [-0.39, 0.29) is 11.5 Å². The van der Waals surface area contributed by atoms with Gasteiger partial charge in [-0.15, -0.1) is 0 Å². The Morgan fingerprint density at radius 1 is 1.15 bits per heavy atom. The van der Waals surface area contributed by atoms with E-state index in [9.17, 15) is 9.59 Å². The Bertz CT molecular complexity index is 873. The lowest BCUT2D eigenvalue weighted by atomic mass is 9.96. The zero-order valence-electron chi connectivity index (χ0n) is 15.9. The molecule has 0 atom stereocenters. The van der Waals surface area contributed by atoms with Gasteiger partial charge in [0.25, 0.3) is 11.5 Å². The fourth-order valence-electron chi connectivity index (χ4n) is 3.71. The van der Waals surface area contributed by atoms with Gasteiger partial charge in [0.2, 0.25) is 0 Å². The molecule has 5 heteroatoms. The maximum Gasteiger partial charge on any atom is 0.274 e. The van der Waals surface area contributed by atoms with E-state index in [1.165, 1.54) is 18.4 Å². The van der Waals surface area contributed by atoms with Gasteiger partial charge in [-0.1, -0.05) is 49.9 Å². The van der Waals surface area contributed by atoms with Gasteiger partial charge in [0.05, 0.1) is 10.6 Å². The summed E-state index contributed by atoms with van der Waals surface area (Å²) in [5, 5.41) is 3.20. The predicted octanol–water partition coefficient (Wildman–Crippen LogP) is 5.21. The number of nitrogens with zero attached hydrogens (tertiary/aromatic N) is 1. The highest BCUT2D eigenvalue weighted by atomic mass is 35.5. The van der Waals surface area contributed by atoms with Crippen molar-refractivity contribution in [3.05, 3.63) is 62.5 Å². The van der Waals surface area contributed by atoms with Gasteiger partial charge in [0.15, 0.2) is 0 Å². The van der Waals surface area contributed by atoms with E-state index in [0.717, 1.165) is 44.2 Å². The summed E-state index contributed by atoms with van der Waals surface area (Å²) in [7, 11) is 0. The minimum Gasteiger partial charge on any atom is -0.317 e. The number of hydrogen-bond acceptors (Lipinski definition) is 2. The third kappa shape index (κ3) is 4.62. The molecule has 0 saturated heterocycles. The van der Waals surface area contributed by atoms with E-state index < -0.39 is 0 Å². The van der Waals surface area contributed by atoms with Gasteiger partial charge in [0, 0.05) is 12.2 Å². The van der Waals surface area contributed by atoms with Crippen LogP contribution in [-0.2, 0) is 19.4 Å². The predicted molar refractivity (Wildman–Crippen MR) is 111 cm³/mol. The van der Waals surface area contributed by atoms with Crippen LogP contribution in [0.25, 0.3) is 0 Å². The highest BCUT2D eigenvalue weighted by Crippen LogP contribution is 2.23. The average molecular weight is 387 g/mol. The van der Waals surface area contributed by atoms with Crippen LogP contribution in [0.1, 0.15) is 67.1 Å². The molecular weight excluding hydrogens is 360 g/mol. The number of anilines is 1. The van der Waals surface area contributed by atoms with Crippen LogP contribution >= 0.6 is 11.6 Å². The maximum atomic E-state index is 13.1. The van der Waals surface area contributed by atoms with Crippen LogP contribution in [0.2, 0.25) is 5.02 Å². The molecule has 1 aliphatic carbocycles. The van der Waals surface area contributed by atoms with Crippen molar-refractivity contribution in [2.75, 3.05) is 5.32 Å². The molecule has 1 aromatic heterocycles. The third-order valence-corrected chi connectivity index (χ3v) is 5.53. The second kappa shape index (κ2) is 9.23. The van der Waals surface area contributed by atoms with Crippen molar-refractivity contribution in [3.63, 3.8) is 0 Å². The average Bonchev–Trinajstić information content (AvgIpc) is 2.64. The summed E-state index contributed by atoms with van der Waals surface area (Å²) >= 11 is 6.14. The van der Waals surface area contributed by atoms with Crippen LogP contribution in [0, 0.1) is 0 Å². The number of carbonyl (C=O) groups is 1. The Morgan fingerprint density at radius 2 is 1.89 bits per heavy atom. The zero-order valence-corrected chi connectivity index (χ0v) is 16.6. The standard InChI is InChI=1S/C22H27ClN2O2/c1-2-3-14-25-20-13-7-5-4-6-10-16(20)15-19(22(25)27)24-21(26)17-11-8-9-12-18(17)23/h8-9,11-12,15H,2-7,10,13-14H2,1H3,(H,24,26). The SMILES string of the molecule is CCCCn1c2c(cc(NC(=O)c3ccccc3Cl)c1=O)CCCCCC2. The third-order valence-electron chi connectivity index (χ3n) is 5.20. The van der Waals surface area contributed by atoms with Gasteiger partial charge in [0.1, 0.15) is 5.69 Å². The molecule has 1 heterocycles. The molecule has 0 spiro atoms. The van der Waals surface area contributed by atoms with E-state index in [4.69, 9.17) is 11.6 Å². The Labute approximate surface area is 165 Å². The molecule has 0 aliphatic heterocycles. The van der Waals surface area contributed by atoms with Gasteiger partial charge in [-0.3, -0.25) is 9.59 Å². The number of halogens is 1. The van der Waals surface area contributed by atoms with Crippen molar-refractivity contribution >= 4 is 23.2 Å². The van der Waals surface area contributed by atoms with E-state index >= 15 is 0 Å². The Morgan fingerprint density at radius 3 is 2.63 bits per heavy atom. The summed E-state index contributed by atoms with van der Waals surface area (Å²) in [6, 6.07) is 8.78. The lowest BCUT2D eigenvalue weighted by Gasteiger charge is -2.21. The van der Waals surface area contributed by atoms with Crippen LogP contribution in [0.15, 0.2) is 35.1 Å². The van der Waals surface area contributed by atoms with Crippen molar-refractivity contribution in [3.8, 4) is 0 Å². The molecule has 0 saturated carbocycles. The molecular formula is C22H27ClN2O2. The van der Waals surface area contributed by atoms with E-state index in [0.29, 0.717) is 22.8 Å². The first-order valence-electron chi connectivity index (χ1n) is 9.93. The fourth-order valence-corrected chi connectivity index (χ4v) is 3.93. The van der Waals surface area contributed by atoms with Crippen molar-refractivity contribution in [2.24, 2.45) is 0 Å². The van der Waals surface area contributed by atoms with Crippen LogP contribution in [0.4, 0.5) is 5.69 Å². The number of benzene rings is 1. The highest BCUT2D eigenvalue weighted by molar-refractivity contribution is 6.34. The second-order valence-corrected chi connectivity index (χ2v) is 7.60. The second-order valence-electron chi connectivity index (χ2n) is 7.19. The van der Waals surface area contributed by atoms with Crippen molar-refractivity contribution in [1.29, 1.82) is 0 Å². The normalized spacial score (nSPS) is 14.1. The number of aromatic nitrogens is 1. The van der Waals surface area contributed by atoms with Crippen LogP contribution < -0.4 is 10.9 Å². The molecule has 4 nitrogen and oxygen atoms in total. The van der Waals surface area contributed by atoms with Crippen LogP contribution in [-0.4, -0.2) is 10.5 Å². The monoisotopic (exact) mass is 386 g/mol. The number of fused-ring (bicyclic) bond motifs is 1. The molecule has 1 N–H and O–H groups in total. The minimum absolute atomic E-state index is 0.108. The summed E-state index contributed by atoms with van der Waals surface area (Å²) in [5.74, 6) is -0.342. The van der Waals surface area contributed by atoms with Gasteiger partial charge in [-0.2, -0.15) is 0 Å².